The Balaban J connectivity index is 1.75. The van der Waals surface area contributed by atoms with Crippen LogP contribution in [0.5, 0.6) is 0 Å². The maximum Gasteiger partial charge on any atom is 0.322 e. The van der Waals surface area contributed by atoms with Crippen molar-refractivity contribution in [2.75, 3.05) is 11.9 Å². The van der Waals surface area contributed by atoms with E-state index in [1.165, 1.54) is 23.1 Å². The number of amides is 3. The van der Waals surface area contributed by atoms with E-state index >= 15 is 0 Å². The van der Waals surface area contributed by atoms with E-state index < -0.39 is 11.8 Å². The van der Waals surface area contributed by atoms with E-state index in [2.05, 4.69) is 5.32 Å². The molecule has 1 aromatic carbocycles. The van der Waals surface area contributed by atoms with E-state index in [9.17, 15) is 14.0 Å². The van der Waals surface area contributed by atoms with E-state index in [0.29, 0.717) is 18.0 Å². The van der Waals surface area contributed by atoms with Gasteiger partial charge in [0.1, 0.15) is 18.1 Å². The lowest BCUT2D eigenvalue weighted by atomic mass is 10.2. The first kappa shape index (κ1) is 23.4. The van der Waals surface area contributed by atoms with Crippen LogP contribution in [0.3, 0.4) is 0 Å². The van der Waals surface area contributed by atoms with Gasteiger partial charge in [-0.25, -0.2) is 9.18 Å². The van der Waals surface area contributed by atoms with Crippen LogP contribution in [0.15, 0.2) is 59.3 Å². The second kappa shape index (κ2) is 10.4. The summed E-state index contributed by atoms with van der Waals surface area (Å²) >= 11 is 5.80. The van der Waals surface area contributed by atoms with Crippen molar-refractivity contribution < 1.29 is 18.4 Å². The van der Waals surface area contributed by atoms with Crippen LogP contribution in [-0.2, 0) is 24.9 Å². The van der Waals surface area contributed by atoms with Gasteiger partial charge in [-0.2, -0.15) is 0 Å². The van der Waals surface area contributed by atoms with Crippen LogP contribution in [0.25, 0.3) is 0 Å². The van der Waals surface area contributed by atoms with Gasteiger partial charge >= 0.3 is 6.03 Å². The molecule has 0 bridgehead atoms. The van der Waals surface area contributed by atoms with Crippen LogP contribution in [0, 0.1) is 5.82 Å². The molecule has 170 valence electrons. The minimum atomic E-state index is -0.574. The zero-order valence-corrected chi connectivity index (χ0v) is 19.0. The van der Waals surface area contributed by atoms with Crippen molar-refractivity contribution in [3.05, 3.63) is 77.2 Å². The molecule has 0 atom stereocenters. The van der Waals surface area contributed by atoms with Crippen LogP contribution in [0.1, 0.15) is 25.3 Å². The molecule has 9 heteroatoms. The van der Waals surface area contributed by atoms with Crippen LogP contribution < -0.4 is 5.32 Å². The van der Waals surface area contributed by atoms with E-state index in [1.807, 2.05) is 43.8 Å². The summed E-state index contributed by atoms with van der Waals surface area (Å²) in [5, 5.41) is 2.58. The lowest BCUT2D eigenvalue weighted by Crippen LogP contribution is -2.47. The Morgan fingerprint density at radius 1 is 1.19 bits per heavy atom. The highest BCUT2D eigenvalue weighted by atomic mass is 35.5. The minimum absolute atomic E-state index is 0.0952. The van der Waals surface area contributed by atoms with Gasteiger partial charge < -0.3 is 24.1 Å². The highest BCUT2D eigenvalue weighted by Gasteiger charge is 2.25. The second-order valence-corrected chi connectivity index (χ2v) is 8.13. The zero-order valence-electron chi connectivity index (χ0n) is 18.2. The fourth-order valence-electron chi connectivity index (χ4n) is 3.18. The van der Waals surface area contributed by atoms with Crippen molar-refractivity contribution in [1.29, 1.82) is 0 Å². The van der Waals surface area contributed by atoms with Gasteiger partial charge in [0.15, 0.2) is 0 Å². The average Bonchev–Trinajstić information content (AvgIpc) is 3.40. The molecule has 32 heavy (non-hydrogen) atoms. The van der Waals surface area contributed by atoms with Gasteiger partial charge in [0.25, 0.3) is 0 Å². The number of urea groups is 1. The molecule has 0 aliphatic carbocycles. The Hall–Kier alpha value is -3.26. The Morgan fingerprint density at radius 2 is 1.97 bits per heavy atom. The summed E-state index contributed by atoms with van der Waals surface area (Å²) in [6, 6.07) is 10.6. The first-order valence-corrected chi connectivity index (χ1v) is 10.6. The molecule has 0 saturated carbocycles. The first-order valence-electron chi connectivity index (χ1n) is 10.2. The average molecular weight is 461 g/mol. The molecule has 3 aromatic rings. The molecule has 0 saturated heterocycles. The maximum absolute atomic E-state index is 13.4. The van der Waals surface area contributed by atoms with Crippen molar-refractivity contribution in [2.45, 2.75) is 33.0 Å². The van der Waals surface area contributed by atoms with Gasteiger partial charge in [0.2, 0.25) is 5.91 Å². The SMILES string of the molecule is CC(C)N(CC(=O)N(Cc1ccco1)Cc1cccn1C)C(=O)Nc1ccc(F)c(Cl)c1. The van der Waals surface area contributed by atoms with Gasteiger partial charge in [-0.15, -0.1) is 0 Å². The summed E-state index contributed by atoms with van der Waals surface area (Å²) in [4.78, 5) is 29.2. The fraction of sp³-hybridized carbons (Fsp3) is 0.304. The summed E-state index contributed by atoms with van der Waals surface area (Å²) < 4.78 is 20.8. The number of aryl methyl sites for hydroxylation is 1. The fourth-order valence-corrected chi connectivity index (χ4v) is 3.36. The third-order valence-electron chi connectivity index (χ3n) is 5.04. The normalized spacial score (nSPS) is 10.9. The highest BCUT2D eigenvalue weighted by Crippen LogP contribution is 2.20. The molecular formula is C23H26ClFN4O3. The maximum atomic E-state index is 13.4. The molecule has 0 fully saturated rings. The molecule has 7 nitrogen and oxygen atoms in total. The number of halogens is 2. The lowest BCUT2D eigenvalue weighted by molar-refractivity contribution is -0.133. The number of rotatable bonds is 8. The number of anilines is 1. The summed E-state index contributed by atoms with van der Waals surface area (Å²) in [6.45, 7) is 4.14. The number of benzene rings is 1. The van der Waals surface area contributed by atoms with Crippen molar-refractivity contribution in [2.24, 2.45) is 7.05 Å². The Bertz CT molecular complexity index is 1070. The predicted octanol–water partition coefficient (Wildman–Crippen LogP) is 4.88. The summed E-state index contributed by atoms with van der Waals surface area (Å²) in [5.41, 5.74) is 1.29. The molecule has 0 aliphatic rings. The standard InChI is InChI=1S/C23H26ClFN4O3/c1-16(2)29(23(31)26-17-8-9-21(25)20(24)12-17)15-22(30)28(14-19-7-5-11-32-19)13-18-6-4-10-27(18)3/h4-12,16H,13-15H2,1-3H3,(H,26,31). The molecular weight excluding hydrogens is 435 g/mol. The summed E-state index contributed by atoms with van der Waals surface area (Å²) in [5.74, 6) is -0.160. The second-order valence-electron chi connectivity index (χ2n) is 7.72. The van der Waals surface area contributed by atoms with E-state index in [1.54, 1.807) is 23.3 Å². The molecule has 2 aromatic heterocycles. The third kappa shape index (κ3) is 5.91. The molecule has 0 aliphatic heterocycles. The van der Waals surface area contributed by atoms with Crippen LogP contribution in [0.2, 0.25) is 5.02 Å². The van der Waals surface area contributed by atoms with Crippen molar-refractivity contribution >= 4 is 29.2 Å². The van der Waals surface area contributed by atoms with Gasteiger partial charge in [0.05, 0.1) is 24.4 Å². The van der Waals surface area contributed by atoms with E-state index in [-0.39, 0.29) is 30.1 Å². The Morgan fingerprint density at radius 3 is 2.56 bits per heavy atom. The number of nitrogens with one attached hydrogen (secondary N) is 1. The van der Waals surface area contributed by atoms with E-state index in [4.69, 9.17) is 16.0 Å². The quantitative estimate of drug-likeness (QED) is 0.520. The number of furan rings is 1. The molecule has 3 rings (SSSR count). The molecule has 1 N–H and O–H groups in total. The number of hydrogen-bond acceptors (Lipinski definition) is 3. The van der Waals surface area contributed by atoms with Crippen LogP contribution >= 0.6 is 11.6 Å². The summed E-state index contributed by atoms with van der Waals surface area (Å²) in [6.07, 6.45) is 3.47. The molecule has 3 amide bonds. The minimum Gasteiger partial charge on any atom is -0.467 e. The number of aromatic nitrogens is 1. The largest absolute Gasteiger partial charge is 0.467 e. The zero-order chi connectivity index (χ0) is 23.3. The number of carbonyl (C=O) groups is 2. The van der Waals surface area contributed by atoms with Gasteiger partial charge in [0, 0.05) is 30.7 Å². The van der Waals surface area contributed by atoms with Crippen molar-refractivity contribution in [1.82, 2.24) is 14.4 Å². The third-order valence-corrected chi connectivity index (χ3v) is 5.33. The number of carbonyl (C=O) groups excluding carboxylic acids is 2. The smallest absolute Gasteiger partial charge is 0.322 e. The molecule has 0 unspecified atom stereocenters. The highest BCUT2D eigenvalue weighted by molar-refractivity contribution is 6.31. The van der Waals surface area contributed by atoms with Crippen molar-refractivity contribution in [3.63, 3.8) is 0 Å². The predicted molar refractivity (Wildman–Crippen MR) is 121 cm³/mol. The van der Waals surface area contributed by atoms with Crippen LogP contribution in [-0.4, -0.2) is 38.9 Å². The Labute approximate surface area is 191 Å². The van der Waals surface area contributed by atoms with Gasteiger partial charge in [-0.1, -0.05) is 11.6 Å². The first-order chi connectivity index (χ1) is 15.2. The molecule has 0 radical (unpaired) electrons. The summed E-state index contributed by atoms with van der Waals surface area (Å²) in [7, 11) is 1.91. The van der Waals surface area contributed by atoms with E-state index in [0.717, 1.165) is 5.69 Å². The molecule has 0 spiro atoms. The van der Waals surface area contributed by atoms with Gasteiger partial charge in [-0.05, 0) is 56.3 Å². The molecule has 2 heterocycles. The lowest BCUT2D eigenvalue weighted by Gasteiger charge is -2.30. The number of nitrogens with zero attached hydrogens (tertiary/aromatic N) is 3. The monoisotopic (exact) mass is 460 g/mol. The van der Waals surface area contributed by atoms with Gasteiger partial charge in [-0.3, -0.25) is 4.79 Å². The van der Waals surface area contributed by atoms with Crippen molar-refractivity contribution in [3.8, 4) is 0 Å². The topological polar surface area (TPSA) is 70.7 Å². The van der Waals surface area contributed by atoms with Crippen LogP contribution in [0.4, 0.5) is 14.9 Å². The number of hydrogen-bond donors (Lipinski definition) is 1. The Kier molecular flexibility index (Phi) is 7.58.